The third kappa shape index (κ3) is 3.72. The lowest BCUT2D eigenvalue weighted by Crippen LogP contribution is -2.51. The maximum Gasteiger partial charge on any atom is 0.407 e. The minimum atomic E-state index is -1.79. The van der Waals surface area contributed by atoms with Crippen LogP contribution in [0.15, 0.2) is 0 Å². The summed E-state index contributed by atoms with van der Waals surface area (Å²) in [7, 11) is 1.16. The van der Waals surface area contributed by atoms with Gasteiger partial charge in [0.2, 0.25) is 0 Å². The monoisotopic (exact) mass is 205 g/mol. The number of methoxy groups -OCH3 is 1. The van der Waals surface area contributed by atoms with E-state index in [0.717, 1.165) is 7.11 Å². The fourth-order valence-corrected chi connectivity index (χ4v) is 1.02. The summed E-state index contributed by atoms with van der Waals surface area (Å²) < 4.78 is 17.8. The van der Waals surface area contributed by atoms with Gasteiger partial charge in [-0.3, -0.25) is 4.79 Å². The first kappa shape index (κ1) is 12.9. The minimum absolute atomic E-state index is 0.169. The molecule has 0 aliphatic rings. The first-order valence-electron chi connectivity index (χ1n) is 4.39. The average Bonchev–Trinajstić information content (AvgIpc) is 2.10. The van der Waals surface area contributed by atoms with Gasteiger partial charge in [-0.25, -0.2) is 9.18 Å². The van der Waals surface area contributed by atoms with E-state index in [2.05, 4.69) is 10.1 Å². The molecule has 5 heteroatoms. The predicted molar refractivity (Wildman–Crippen MR) is 49.8 cm³/mol. The van der Waals surface area contributed by atoms with E-state index in [0.29, 0.717) is 0 Å². The van der Waals surface area contributed by atoms with Gasteiger partial charge in [0.05, 0.1) is 7.11 Å². The topological polar surface area (TPSA) is 55.4 Å². The fraction of sp³-hybridized carbons (Fsp3) is 0.778. The van der Waals surface area contributed by atoms with E-state index in [-0.39, 0.29) is 12.2 Å². The number of ketones is 1. The molecule has 0 saturated carbocycles. The van der Waals surface area contributed by atoms with Gasteiger partial charge in [-0.2, -0.15) is 0 Å². The first-order valence-corrected chi connectivity index (χ1v) is 4.39. The Morgan fingerprint density at radius 1 is 1.50 bits per heavy atom. The summed E-state index contributed by atoms with van der Waals surface area (Å²) in [6.07, 6.45) is -0.635. The van der Waals surface area contributed by atoms with Crippen LogP contribution >= 0.6 is 0 Å². The molecule has 0 heterocycles. The van der Waals surface area contributed by atoms with Crippen molar-refractivity contribution in [2.45, 2.75) is 38.9 Å². The second kappa shape index (κ2) is 4.93. The van der Waals surface area contributed by atoms with Gasteiger partial charge >= 0.3 is 6.09 Å². The Morgan fingerprint density at radius 2 is 2.00 bits per heavy atom. The largest absolute Gasteiger partial charge is 0.453 e. The van der Waals surface area contributed by atoms with Crippen LogP contribution in [0.2, 0.25) is 0 Å². The Kier molecular flexibility index (Phi) is 4.53. The summed E-state index contributed by atoms with van der Waals surface area (Å²) in [6.45, 7) is 4.09. The lowest BCUT2D eigenvalue weighted by atomic mass is 9.95. The molecule has 82 valence electrons. The molecule has 0 fully saturated rings. The first-order chi connectivity index (χ1) is 6.32. The van der Waals surface area contributed by atoms with Crippen LogP contribution in [0.4, 0.5) is 9.18 Å². The van der Waals surface area contributed by atoms with Crippen molar-refractivity contribution in [3.63, 3.8) is 0 Å². The molecule has 0 aromatic heterocycles. The number of ether oxygens (including phenoxy) is 1. The number of hydrogen-bond donors (Lipinski definition) is 1. The number of nitrogens with one attached hydrogen (secondary N) is 1. The smallest absolute Gasteiger partial charge is 0.407 e. The highest BCUT2D eigenvalue weighted by molar-refractivity contribution is 5.88. The molecular formula is C9H16FNO3. The summed E-state index contributed by atoms with van der Waals surface area (Å²) in [6, 6.07) is -1.15. The summed E-state index contributed by atoms with van der Waals surface area (Å²) in [5.41, 5.74) is -1.79. The van der Waals surface area contributed by atoms with Crippen LogP contribution in [0, 0.1) is 0 Å². The standard InChI is InChI=1S/C9H16FNO3/c1-5-6(12)7(9(2,3)10)11-8(13)14-4/h7H,5H2,1-4H3,(H,11,13). The van der Waals surface area contributed by atoms with Crippen molar-refractivity contribution in [3.05, 3.63) is 0 Å². The minimum Gasteiger partial charge on any atom is -0.453 e. The third-order valence-corrected chi connectivity index (χ3v) is 1.80. The van der Waals surface area contributed by atoms with Gasteiger partial charge in [-0.1, -0.05) is 6.92 Å². The van der Waals surface area contributed by atoms with Crippen LogP contribution in [0.3, 0.4) is 0 Å². The van der Waals surface area contributed by atoms with E-state index in [4.69, 9.17) is 0 Å². The lowest BCUT2D eigenvalue weighted by molar-refractivity contribution is -0.123. The summed E-state index contributed by atoms with van der Waals surface area (Å²) in [5.74, 6) is -0.358. The highest BCUT2D eigenvalue weighted by Crippen LogP contribution is 2.16. The zero-order valence-electron chi connectivity index (χ0n) is 8.89. The Labute approximate surface area is 82.8 Å². The molecule has 14 heavy (non-hydrogen) atoms. The summed E-state index contributed by atoms with van der Waals surface area (Å²) in [5, 5.41) is 2.17. The van der Waals surface area contributed by atoms with Crippen molar-refractivity contribution in [2.24, 2.45) is 0 Å². The van der Waals surface area contributed by atoms with Gasteiger partial charge in [0.1, 0.15) is 11.7 Å². The maximum absolute atomic E-state index is 13.5. The van der Waals surface area contributed by atoms with E-state index in [1.54, 1.807) is 6.92 Å². The highest BCUT2D eigenvalue weighted by atomic mass is 19.1. The van der Waals surface area contributed by atoms with Crippen LogP contribution in [-0.2, 0) is 9.53 Å². The van der Waals surface area contributed by atoms with E-state index >= 15 is 0 Å². The molecule has 0 spiro atoms. The van der Waals surface area contributed by atoms with E-state index in [9.17, 15) is 14.0 Å². The lowest BCUT2D eigenvalue weighted by Gasteiger charge is -2.25. The molecule has 0 aliphatic heterocycles. The van der Waals surface area contributed by atoms with Crippen LogP contribution in [0.5, 0.6) is 0 Å². The van der Waals surface area contributed by atoms with Gasteiger partial charge in [0.15, 0.2) is 5.78 Å². The number of rotatable bonds is 4. The van der Waals surface area contributed by atoms with Crippen molar-refractivity contribution < 1.29 is 18.7 Å². The van der Waals surface area contributed by atoms with E-state index in [1.807, 2.05) is 0 Å². The zero-order chi connectivity index (χ0) is 11.4. The Balaban J connectivity index is 4.58. The molecule has 4 nitrogen and oxygen atoms in total. The number of amides is 1. The number of carbonyl (C=O) groups excluding carboxylic acids is 2. The third-order valence-electron chi connectivity index (χ3n) is 1.80. The van der Waals surface area contributed by atoms with Crippen molar-refractivity contribution in [1.82, 2.24) is 5.32 Å². The molecule has 0 saturated heterocycles. The number of alkyl carbamates (subject to hydrolysis) is 1. The molecule has 0 aliphatic carbocycles. The molecule has 0 aromatic rings. The Morgan fingerprint density at radius 3 is 2.29 bits per heavy atom. The van der Waals surface area contributed by atoms with E-state index < -0.39 is 17.8 Å². The summed E-state index contributed by atoms with van der Waals surface area (Å²) in [4.78, 5) is 22.1. The van der Waals surface area contributed by atoms with Crippen molar-refractivity contribution in [3.8, 4) is 0 Å². The predicted octanol–water partition coefficient (Wildman–Crippen LogP) is 1.44. The average molecular weight is 205 g/mol. The maximum atomic E-state index is 13.5. The van der Waals surface area contributed by atoms with Gasteiger partial charge in [-0.15, -0.1) is 0 Å². The van der Waals surface area contributed by atoms with E-state index in [1.165, 1.54) is 13.8 Å². The SMILES string of the molecule is CCC(=O)C(NC(=O)OC)C(C)(C)F. The molecule has 1 N–H and O–H groups in total. The van der Waals surface area contributed by atoms with Gasteiger partial charge in [0.25, 0.3) is 0 Å². The summed E-state index contributed by atoms with van der Waals surface area (Å²) >= 11 is 0. The van der Waals surface area contributed by atoms with Crippen molar-refractivity contribution >= 4 is 11.9 Å². The Hall–Kier alpha value is -1.13. The van der Waals surface area contributed by atoms with Crippen molar-refractivity contribution in [1.29, 1.82) is 0 Å². The molecule has 1 atom stereocenters. The molecule has 1 amide bonds. The second-order valence-corrected chi connectivity index (χ2v) is 3.45. The normalized spacial score (nSPS) is 13.2. The van der Waals surface area contributed by atoms with Crippen LogP contribution in [0.25, 0.3) is 0 Å². The molecule has 0 aromatic carbocycles. The molecule has 0 radical (unpaired) electrons. The number of Topliss-reactive ketones (excluding diaryl/α,β-unsaturated/α-hetero) is 1. The van der Waals surface area contributed by atoms with Crippen molar-refractivity contribution in [2.75, 3.05) is 7.11 Å². The number of hydrogen-bond acceptors (Lipinski definition) is 3. The van der Waals surface area contributed by atoms with Crippen LogP contribution in [0.1, 0.15) is 27.2 Å². The fourth-order valence-electron chi connectivity index (χ4n) is 1.02. The zero-order valence-corrected chi connectivity index (χ0v) is 8.89. The molecule has 1 unspecified atom stereocenters. The molecule has 0 bridgehead atoms. The van der Waals surface area contributed by atoms with Gasteiger partial charge < -0.3 is 10.1 Å². The second-order valence-electron chi connectivity index (χ2n) is 3.45. The number of carbonyl (C=O) groups is 2. The quantitative estimate of drug-likeness (QED) is 0.755. The number of halogens is 1. The highest BCUT2D eigenvalue weighted by Gasteiger charge is 2.35. The molecule has 0 rings (SSSR count). The van der Waals surface area contributed by atoms with Crippen LogP contribution < -0.4 is 5.32 Å². The Bertz CT molecular complexity index is 223. The van der Waals surface area contributed by atoms with Gasteiger partial charge in [-0.05, 0) is 13.8 Å². The molecular weight excluding hydrogens is 189 g/mol. The van der Waals surface area contributed by atoms with Crippen LogP contribution in [-0.4, -0.2) is 30.7 Å². The number of alkyl halides is 1. The van der Waals surface area contributed by atoms with Gasteiger partial charge in [0, 0.05) is 6.42 Å².